The van der Waals surface area contributed by atoms with Gasteiger partial charge in [-0.15, -0.1) is 12.4 Å². The lowest BCUT2D eigenvalue weighted by Gasteiger charge is -2.05. The van der Waals surface area contributed by atoms with Crippen LogP contribution >= 0.6 is 41.0 Å². The van der Waals surface area contributed by atoms with Gasteiger partial charge in [0.2, 0.25) is 5.88 Å². The van der Waals surface area contributed by atoms with Crippen LogP contribution in [0.1, 0.15) is 19.3 Å². The lowest BCUT2D eigenvalue weighted by atomic mass is 10.2. The summed E-state index contributed by atoms with van der Waals surface area (Å²) in [6, 6.07) is 3.81. The van der Waals surface area contributed by atoms with Crippen LogP contribution in [0.15, 0.2) is 22.8 Å². The summed E-state index contributed by atoms with van der Waals surface area (Å²) in [5, 5.41) is 3.32. The fourth-order valence-corrected chi connectivity index (χ4v) is 1.75. The third kappa shape index (κ3) is 9.03. The third-order valence-electron chi connectivity index (χ3n) is 2.24. The molecular formula is C12H20BrClN2OS. The number of ether oxygens (including phenoxy) is 1. The highest BCUT2D eigenvalue weighted by atomic mass is 79.9. The van der Waals surface area contributed by atoms with Crippen molar-refractivity contribution in [1.82, 2.24) is 10.3 Å². The summed E-state index contributed by atoms with van der Waals surface area (Å²) in [5.41, 5.74) is 0. The molecule has 1 rings (SSSR count). The molecule has 3 nitrogen and oxygen atoms in total. The first-order valence-electron chi connectivity index (χ1n) is 5.89. The average molecular weight is 356 g/mol. The van der Waals surface area contributed by atoms with Gasteiger partial charge >= 0.3 is 0 Å². The molecule has 0 atom stereocenters. The molecule has 0 fully saturated rings. The Hall–Kier alpha value is 0.0300. The van der Waals surface area contributed by atoms with E-state index in [1.807, 2.05) is 12.1 Å². The summed E-state index contributed by atoms with van der Waals surface area (Å²) in [4.78, 5) is 4.15. The summed E-state index contributed by atoms with van der Waals surface area (Å²) in [7, 11) is 0. The number of aromatic nitrogens is 1. The maximum atomic E-state index is 5.52. The highest BCUT2D eigenvalue weighted by Crippen LogP contribution is 2.12. The van der Waals surface area contributed by atoms with Gasteiger partial charge in [0.15, 0.2) is 0 Å². The monoisotopic (exact) mass is 354 g/mol. The van der Waals surface area contributed by atoms with Crippen molar-refractivity contribution in [3.8, 4) is 5.88 Å². The summed E-state index contributed by atoms with van der Waals surface area (Å²) < 4.78 is 6.50. The van der Waals surface area contributed by atoms with Gasteiger partial charge in [0, 0.05) is 29.0 Å². The first-order chi connectivity index (χ1) is 8.33. The Morgan fingerprint density at radius 2 is 2.06 bits per heavy atom. The van der Waals surface area contributed by atoms with Crippen molar-refractivity contribution in [3.05, 3.63) is 22.8 Å². The number of nitrogens with one attached hydrogen (secondary N) is 1. The quantitative estimate of drug-likeness (QED) is 0.526. The SMILES string of the molecule is Cl.SCCNCCCCCOc1ccc(Br)cn1. The minimum atomic E-state index is 0. The van der Waals surface area contributed by atoms with E-state index >= 15 is 0 Å². The van der Waals surface area contributed by atoms with E-state index in [-0.39, 0.29) is 12.4 Å². The average Bonchev–Trinajstić information content (AvgIpc) is 2.35. The Labute approximate surface area is 129 Å². The van der Waals surface area contributed by atoms with E-state index in [0.29, 0.717) is 5.88 Å². The van der Waals surface area contributed by atoms with Gasteiger partial charge in [-0.25, -0.2) is 4.98 Å². The maximum absolute atomic E-state index is 5.52. The smallest absolute Gasteiger partial charge is 0.213 e. The molecule has 0 unspecified atom stereocenters. The topological polar surface area (TPSA) is 34.1 Å². The van der Waals surface area contributed by atoms with E-state index in [9.17, 15) is 0 Å². The number of unbranched alkanes of at least 4 members (excludes halogenated alkanes) is 2. The second kappa shape index (κ2) is 12.1. The number of hydrogen-bond donors (Lipinski definition) is 2. The number of hydrogen-bond acceptors (Lipinski definition) is 4. The Bertz CT molecular complexity index is 301. The zero-order valence-electron chi connectivity index (χ0n) is 10.3. The normalized spacial score (nSPS) is 9.89. The Morgan fingerprint density at radius 3 is 2.72 bits per heavy atom. The van der Waals surface area contributed by atoms with Crippen LogP contribution in [-0.2, 0) is 0 Å². The molecule has 104 valence electrons. The molecule has 1 N–H and O–H groups in total. The van der Waals surface area contributed by atoms with E-state index < -0.39 is 0 Å². The molecule has 0 aliphatic carbocycles. The van der Waals surface area contributed by atoms with E-state index in [1.165, 1.54) is 12.8 Å². The van der Waals surface area contributed by atoms with Crippen LogP contribution in [0.3, 0.4) is 0 Å². The molecule has 0 aromatic carbocycles. The highest BCUT2D eigenvalue weighted by Gasteiger charge is 1.95. The van der Waals surface area contributed by atoms with E-state index in [0.717, 1.165) is 36.3 Å². The predicted octanol–water partition coefficient (Wildman–Crippen LogP) is 3.33. The molecule has 0 amide bonds. The van der Waals surface area contributed by atoms with Crippen molar-refractivity contribution in [2.24, 2.45) is 0 Å². The number of nitrogens with zero attached hydrogens (tertiary/aromatic N) is 1. The van der Waals surface area contributed by atoms with Crippen LogP contribution < -0.4 is 10.1 Å². The largest absolute Gasteiger partial charge is 0.478 e. The Balaban J connectivity index is 0.00000289. The second-order valence-corrected chi connectivity index (χ2v) is 5.06. The molecule has 1 aromatic rings. The van der Waals surface area contributed by atoms with E-state index in [1.54, 1.807) is 6.20 Å². The molecule has 1 aromatic heterocycles. The second-order valence-electron chi connectivity index (χ2n) is 3.70. The fraction of sp³-hybridized carbons (Fsp3) is 0.583. The van der Waals surface area contributed by atoms with Gasteiger partial charge in [0.05, 0.1) is 6.61 Å². The Morgan fingerprint density at radius 1 is 1.22 bits per heavy atom. The molecule has 0 saturated heterocycles. The standard InChI is InChI=1S/C12H19BrN2OS.ClH/c13-11-4-5-12(15-10-11)16-8-3-1-2-6-14-7-9-17;/h4-5,10,14,17H,1-3,6-9H2;1H. The van der Waals surface area contributed by atoms with Gasteiger partial charge in [0.1, 0.15) is 0 Å². The van der Waals surface area contributed by atoms with Gasteiger partial charge in [-0.3, -0.25) is 0 Å². The molecule has 0 spiro atoms. The third-order valence-corrected chi connectivity index (χ3v) is 2.93. The van der Waals surface area contributed by atoms with Crippen LogP contribution in [0.4, 0.5) is 0 Å². The van der Waals surface area contributed by atoms with Crippen molar-refractivity contribution in [3.63, 3.8) is 0 Å². The summed E-state index contributed by atoms with van der Waals surface area (Å²) in [5.74, 6) is 1.60. The summed E-state index contributed by atoms with van der Waals surface area (Å²) >= 11 is 7.47. The van der Waals surface area contributed by atoms with Crippen LogP contribution in [0.2, 0.25) is 0 Å². The fourth-order valence-electron chi connectivity index (χ4n) is 1.36. The first-order valence-corrected chi connectivity index (χ1v) is 7.31. The van der Waals surface area contributed by atoms with Crippen molar-refractivity contribution in [2.75, 3.05) is 25.4 Å². The maximum Gasteiger partial charge on any atom is 0.213 e. The molecular weight excluding hydrogens is 336 g/mol. The molecule has 0 bridgehead atoms. The van der Waals surface area contributed by atoms with Crippen LogP contribution in [0.5, 0.6) is 5.88 Å². The minimum absolute atomic E-state index is 0. The van der Waals surface area contributed by atoms with E-state index in [4.69, 9.17) is 4.74 Å². The van der Waals surface area contributed by atoms with Crippen molar-refractivity contribution >= 4 is 41.0 Å². The zero-order valence-corrected chi connectivity index (χ0v) is 13.6. The van der Waals surface area contributed by atoms with Crippen LogP contribution in [-0.4, -0.2) is 30.4 Å². The molecule has 0 aliphatic heterocycles. The molecule has 0 aliphatic rings. The van der Waals surface area contributed by atoms with Gasteiger partial charge in [-0.2, -0.15) is 12.6 Å². The van der Waals surface area contributed by atoms with Crippen molar-refractivity contribution in [1.29, 1.82) is 0 Å². The molecule has 0 radical (unpaired) electrons. The van der Waals surface area contributed by atoms with Gasteiger partial charge in [-0.1, -0.05) is 0 Å². The zero-order chi connectivity index (χ0) is 12.3. The molecule has 1 heterocycles. The number of rotatable bonds is 9. The lowest BCUT2D eigenvalue weighted by Crippen LogP contribution is -2.17. The van der Waals surface area contributed by atoms with E-state index in [2.05, 4.69) is 38.9 Å². The van der Waals surface area contributed by atoms with Gasteiger partial charge in [-0.05, 0) is 47.8 Å². The number of pyridine rings is 1. The Kier molecular flexibility index (Phi) is 12.1. The van der Waals surface area contributed by atoms with Gasteiger partial charge in [0.25, 0.3) is 0 Å². The van der Waals surface area contributed by atoms with Crippen molar-refractivity contribution in [2.45, 2.75) is 19.3 Å². The van der Waals surface area contributed by atoms with Crippen LogP contribution in [0, 0.1) is 0 Å². The van der Waals surface area contributed by atoms with Crippen LogP contribution in [0.25, 0.3) is 0 Å². The molecule has 18 heavy (non-hydrogen) atoms. The summed E-state index contributed by atoms with van der Waals surface area (Å²) in [6.45, 7) is 2.79. The van der Waals surface area contributed by atoms with Gasteiger partial charge < -0.3 is 10.1 Å². The first kappa shape index (κ1) is 18.0. The van der Waals surface area contributed by atoms with Crippen molar-refractivity contribution < 1.29 is 4.74 Å². The molecule has 0 saturated carbocycles. The highest BCUT2D eigenvalue weighted by molar-refractivity contribution is 9.10. The lowest BCUT2D eigenvalue weighted by molar-refractivity contribution is 0.293. The summed E-state index contributed by atoms with van der Waals surface area (Å²) in [6.07, 6.45) is 5.18. The predicted molar refractivity (Wildman–Crippen MR) is 85.3 cm³/mol. The number of thiol groups is 1. The number of halogens is 2. The minimum Gasteiger partial charge on any atom is -0.478 e. The molecule has 6 heteroatoms.